The van der Waals surface area contributed by atoms with E-state index in [1.807, 2.05) is 54.6 Å². The topological polar surface area (TPSA) is 29.5 Å². The third-order valence-electron chi connectivity index (χ3n) is 3.54. The predicted molar refractivity (Wildman–Crippen MR) is 106 cm³/mol. The lowest BCUT2D eigenvalue weighted by Gasteiger charge is -2.14. The summed E-state index contributed by atoms with van der Waals surface area (Å²) in [6, 6.07) is 15.5. The van der Waals surface area contributed by atoms with Crippen molar-refractivity contribution < 1.29 is 9.53 Å². The average Bonchev–Trinajstić information content (AvgIpc) is 2.85. The number of carbonyl (C=O) groups excluding carboxylic acids is 1. The van der Waals surface area contributed by atoms with Crippen LogP contribution in [-0.4, -0.2) is 22.2 Å². The van der Waals surface area contributed by atoms with Gasteiger partial charge in [0.05, 0.1) is 18.6 Å². The Morgan fingerprint density at radius 1 is 1.17 bits per heavy atom. The third-order valence-corrected chi connectivity index (χ3v) is 5.45. The van der Waals surface area contributed by atoms with Crippen LogP contribution in [0.4, 0.5) is 0 Å². The van der Waals surface area contributed by atoms with Gasteiger partial charge in [0.1, 0.15) is 10.1 Å². The number of ether oxygens (including phenoxy) is 1. The normalized spacial score (nSPS) is 16.1. The van der Waals surface area contributed by atoms with Gasteiger partial charge in [0.2, 0.25) is 0 Å². The number of carbonyl (C=O) groups is 1. The fourth-order valence-electron chi connectivity index (χ4n) is 2.26. The van der Waals surface area contributed by atoms with Gasteiger partial charge in [-0.3, -0.25) is 9.69 Å². The highest BCUT2D eigenvalue weighted by Crippen LogP contribution is 2.33. The largest absolute Gasteiger partial charge is 0.497 e. The summed E-state index contributed by atoms with van der Waals surface area (Å²) < 4.78 is 6.74. The molecule has 0 saturated carbocycles. The van der Waals surface area contributed by atoms with Gasteiger partial charge in [-0.1, -0.05) is 64.2 Å². The Labute approximate surface area is 158 Å². The van der Waals surface area contributed by atoms with E-state index in [-0.39, 0.29) is 5.91 Å². The van der Waals surface area contributed by atoms with Crippen LogP contribution in [0.25, 0.3) is 6.08 Å². The van der Waals surface area contributed by atoms with Crippen LogP contribution in [0, 0.1) is 0 Å². The van der Waals surface area contributed by atoms with Crippen molar-refractivity contribution in [1.29, 1.82) is 0 Å². The Morgan fingerprint density at radius 2 is 1.83 bits per heavy atom. The lowest BCUT2D eigenvalue weighted by Crippen LogP contribution is -2.27. The van der Waals surface area contributed by atoms with E-state index >= 15 is 0 Å². The molecule has 1 heterocycles. The molecule has 122 valence electrons. The number of thiocarbonyl (C=S) groups is 1. The summed E-state index contributed by atoms with van der Waals surface area (Å²) in [6.45, 7) is 0.465. The molecule has 0 aromatic heterocycles. The van der Waals surface area contributed by atoms with E-state index in [9.17, 15) is 4.79 Å². The number of thioether (sulfide) groups is 1. The van der Waals surface area contributed by atoms with Gasteiger partial charge in [-0.05, 0) is 41.5 Å². The van der Waals surface area contributed by atoms with Crippen molar-refractivity contribution in [2.24, 2.45) is 0 Å². The van der Waals surface area contributed by atoms with Gasteiger partial charge in [0.25, 0.3) is 5.91 Å². The second-order valence-corrected chi connectivity index (χ2v) is 7.76. The summed E-state index contributed by atoms with van der Waals surface area (Å²) in [5.41, 5.74) is 1.99. The lowest BCUT2D eigenvalue weighted by atomic mass is 10.2. The molecule has 3 nitrogen and oxygen atoms in total. The molecule has 3 rings (SSSR count). The van der Waals surface area contributed by atoms with Crippen molar-refractivity contribution >= 4 is 56.2 Å². The molecule has 0 bridgehead atoms. The number of methoxy groups -OCH3 is 1. The zero-order valence-corrected chi connectivity index (χ0v) is 16.1. The van der Waals surface area contributed by atoms with Crippen molar-refractivity contribution in [3.63, 3.8) is 0 Å². The maximum absolute atomic E-state index is 12.6. The van der Waals surface area contributed by atoms with E-state index in [1.165, 1.54) is 11.8 Å². The number of rotatable bonds is 4. The van der Waals surface area contributed by atoms with E-state index in [2.05, 4.69) is 15.9 Å². The Hall–Kier alpha value is -1.63. The van der Waals surface area contributed by atoms with Crippen LogP contribution in [0.5, 0.6) is 5.75 Å². The Morgan fingerprint density at radius 3 is 2.46 bits per heavy atom. The van der Waals surface area contributed by atoms with E-state index in [0.717, 1.165) is 21.3 Å². The molecule has 24 heavy (non-hydrogen) atoms. The van der Waals surface area contributed by atoms with Crippen LogP contribution < -0.4 is 4.74 Å². The predicted octanol–water partition coefficient (Wildman–Crippen LogP) is 4.86. The Kier molecular flexibility index (Phi) is 5.38. The van der Waals surface area contributed by atoms with Crippen LogP contribution in [0.15, 0.2) is 57.9 Å². The molecule has 0 aliphatic carbocycles. The van der Waals surface area contributed by atoms with Crippen LogP contribution in [-0.2, 0) is 11.3 Å². The standard InChI is InChI=1S/C18H14BrNO2S2/c1-22-15-8-4-13(5-9-15)11-20-17(21)16(24-18(20)23)10-12-2-6-14(19)7-3-12/h2-10H,11H2,1H3/b16-10-. The van der Waals surface area contributed by atoms with Crippen LogP contribution in [0.1, 0.15) is 11.1 Å². The first-order chi connectivity index (χ1) is 11.6. The van der Waals surface area contributed by atoms with Crippen molar-refractivity contribution in [2.75, 3.05) is 7.11 Å². The average molecular weight is 420 g/mol. The molecular weight excluding hydrogens is 406 g/mol. The van der Waals surface area contributed by atoms with Crippen molar-refractivity contribution in [3.05, 3.63) is 69.0 Å². The summed E-state index contributed by atoms with van der Waals surface area (Å²) in [7, 11) is 1.63. The molecule has 1 amide bonds. The highest BCUT2D eigenvalue weighted by molar-refractivity contribution is 9.10. The van der Waals surface area contributed by atoms with Crippen molar-refractivity contribution in [3.8, 4) is 5.75 Å². The van der Waals surface area contributed by atoms with Crippen LogP contribution in [0.3, 0.4) is 0 Å². The second-order valence-electron chi connectivity index (χ2n) is 5.17. The molecule has 1 fully saturated rings. The molecule has 0 spiro atoms. The van der Waals surface area contributed by atoms with Crippen LogP contribution in [0.2, 0.25) is 0 Å². The van der Waals surface area contributed by atoms with Gasteiger partial charge in [-0.15, -0.1) is 0 Å². The quantitative estimate of drug-likeness (QED) is 0.522. The first kappa shape index (κ1) is 17.2. The smallest absolute Gasteiger partial charge is 0.266 e. The highest BCUT2D eigenvalue weighted by Gasteiger charge is 2.31. The number of benzene rings is 2. The van der Waals surface area contributed by atoms with Gasteiger partial charge < -0.3 is 4.74 Å². The lowest BCUT2D eigenvalue weighted by molar-refractivity contribution is -0.122. The molecule has 0 radical (unpaired) electrons. The van der Waals surface area contributed by atoms with Gasteiger partial charge >= 0.3 is 0 Å². The summed E-state index contributed by atoms with van der Waals surface area (Å²) in [5, 5.41) is 0. The SMILES string of the molecule is COc1ccc(CN2C(=O)/C(=C/c3ccc(Br)cc3)SC2=S)cc1. The Bertz CT molecular complexity index is 801. The van der Waals surface area contributed by atoms with E-state index in [1.54, 1.807) is 12.0 Å². The summed E-state index contributed by atoms with van der Waals surface area (Å²) >= 11 is 10.1. The van der Waals surface area contributed by atoms with Gasteiger partial charge in [0.15, 0.2) is 0 Å². The fraction of sp³-hybridized carbons (Fsp3) is 0.111. The fourth-order valence-corrected chi connectivity index (χ4v) is 3.78. The molecule has 0 unspecified atom stereocenters. The molecule has 1 saturated heterocycles. The minimum Gasteiger partial charge on any atom is -0.497 e. The maximum atomic E-state index is 12.6. The van der Waals surface area contributed by atoms with E-state index in [0.29, 0.717) is 15.8 Å². The summed E-state index contributed by atoms with van der Waals surface area (Å²) in [5.74, 6) is 0.739. The maximum Gasteiger partial charge on any atom is 0.266 e. The monoisotopic (exact) mass is 419 g/mol. The molecule has 2 aromatic rings. The number of halogens is 1. The number of amides is 1. The van der Waals surface area contributed by atoms with Gasteiger partial charge in [0, 0.05) is 4.47 Å². The molecule has 1 aliphatic rings. The second kappa shape index (κ2) is 7.51. The summed E-state index contributed by atoms with van der Waals surface area (Å²) in [6.07, 6.45) is 1.87. The molecule has 0 N–H and O–H groups in total. The number of hydrogen-bond acceptors (Lipinski definition) is 4. The van der Waals surface area contributed by atoms with Gasteiger partial charge in [-0.2, -0.15) is 0 Å². The third kappa shape index (κ3) is 3.88. The van der Waals surface area contributed by atoms with Crippen molar-refractivity contribution in [2.45, 2.75) is 6.54 Å². The highest BCUT2D eigenvalue weighted by atomic mass is 79.9. The van der Waals surface area contributed by atoms with Crippen LogP contribution >= 0.6 is 39.9 Å². The molecule has 6 heteroatoms. The number of hydrogen-bond donors (Lipinski definition) is 0. The molecule has 0 atom stereocenters. The zero-order chi connectivity index (χ0) is 17.1. The number of nitrogens with zero attached hydrogens (tertiary/aromatic N) is 1. The minimum absolute atomic E-state index is 0.0521. The zero-order valence-electron chi connectivity index (χ0n) is 12.9. The minimum atomic E-state index is -0.0521. The van der Waals surface area contributed by atoms with Crippen molar-refractivity contribution in [1.82, 2.24) is 4.90 Å². The molecule has 2 aromatic carbocycles. The van der Waals surface area contributed by atoms with E-state index < -0.39 is 0 Å². The molecular formula is C18H14BrNO2S2. The van der Waals surface area contributed by atoms with E-state index in [4.69, 9.17) is 17.0 Å². The first-order valence-corrected chi connectivity index (χ1v) is 9.22. The van der Waals surface area contributed by atoms with Gasteiger partial charge in [-0.25, -0.2) is 0 Å². The first-order valence-electron chi connectivity index (χ1n) is 7.20. The summed E-state index contributed by atoms with van der Waals surface area (Å²) in [4.78, 5) is 14.9. The Balaban J connectivity index is 1.77. The molecule has 1 aliphatic heterocycles.